The smallest absolute Gasteiger partial charge is 0.321 e. The van der Waals surface area contributed by atoms with Crippen LogP contribution in [0.4, 0.5) is 10.5 Å². The SMILES string of the molecule is Cc1cc(Cc2ccc(NC(=O)N(C)C)cc2)n(C)c1C(=O)c1ccc(Cl)cc1. The van der Waals surface area contributed by atoms with Crippen molar-refractivity contribution in [3.8, 4) is 0 Å². The average molecular weight is 410 g/mol. The van der Waals surface area contributed by atoms with Crippen LogP contribution >= 0.6 is 11.6 Å². The number of carbonyl (C=O) groups is 2. The van der Waals surface area contributed by atoms with Crippen molar-refractivity contribution in [2.75, 3.05) is 19.4 Å². The summed E-state index contributed by atoms with van der Waals surface area (Å²) in [5.74, 6) is -0.0188. The largest absolute Gasteiger partial charge is 0.344 e. The molecule has 1 N–H and O–H groups in total. The molecule has 150 valence electrons. The highest BCUT2D eigenvalue weighted by molar-refractivity contribution is 6.30. The number of urea groups is 1. The minimum Gasteiger partial charge on any atom is -0.344 e. The van der Waals surface area contributed by atoms with E-state index < -0.39 is 0 Å². The average Bonchev–Trinajstić information content (AvgIpc) is 2.96. The Morgan fingerprint density at radius 3 is 2.24 bits per heavy atom. The van der Waals surface area contributed by atoms with Crippen LogP contribution in [-0.4, -0.2) is 35.4 Å². The fraction of sp³-hybridized carbons (Fsp3) is 0.217. The summed E-state index contributed by atoms with van der Waals surface area (Å²) < 4.78 is 1.95. The molecule has 0 unspecified atom stereocenters. The van der Waals surface area contributed by atoms with Crippen molar-refractivity contribution in [1.29, 1.82) is 0 Å². The number of amides is 2. The minimum absolute atomic E-state index is 0.0188. The Hall–Kier alpha value is -3.05. The third-order valence-corrected chi connectivity index (χ3v) is 5.09. The minimum atomic E-state index is -0.166. The highest BCUT2D eigenvalue weighted by Crippen LogP contribution is 2.22. The lowest BCUT2D eigenvalue weighted by Gasteiger charge is -2.12. The van der Waals surface area contributed by atoms with Crippen LogP contribution < -0.4 is 5.32 Å². The highest BCUT2D eigenvalue weighted by Gasteiger charge is 2.18. The molecule has 5 nitrogen and oxygen atoms in total. The Morgan fingerprint density at radius 1 is 1.03 bits per heavy atom. The van der Waals surface area contributed by atoms with Crippen LogP contribution in [0, 0.1) is 6.92 Å². The van der Waals surface area contributed by atoms with E-state index in [4.69, 9.17) is 11.6 Å². The Labute approximate surface area is 175 Å². The van der Waals surface area contributed by atoms with Gasteiger partial charge in [-0.1, -0.05) is 23.7 Å². The van der Waals surface area contributed by atoms with Gasteiger partial charge in [-0.2, -0.15) is 0 Å². The van der Waals surface area contributed by atoms with Crippen molar-refractivity contribution in [2.45, 2.75) is 13.3 Å². The molecule has 0 radical (unpaired) electrons. The second kappa shape index (κ2) is 8.53. The second-order valence-electron chi connectivity index (χ2n) is 7.26. The van der Waals surface area contributed by atoms with Gasteiger partial charge in [-0.3, -0.25) is 4.79 Å². The number of benzene rings is 2. The lowest BCUT2D eigenvalue weighted by Crippen LogP contribution is -2.27. The first-order valence-corrected chi connectivity index (χ1v) is 9.66. The van der Waals surface area contributed by atoms with Crippen molar-refractivity contribution in [2.24, 2.45) is 7.05 Å². The summed E-state index contributed by atoms with van der Waals surface area (Å²) in [6.45, 7) is 1.95. The van der Waals surface area contributed by atoms with E-state index >= 15 is 0 Å². The molecule has 0 aliphatic heterocycles. The number of halogens is 1. The van der Waals surface area contributed by atoms with Gasteiger partial charge in [0.05, 0.1) is 5.69 Å². The number of aryl methyl sites for hydroxylation is 1. The molecule has 0 saturated carbocycles. The first kappa shape index (κ1) is 20.7. The maximum atomic E-state index is 13.0. The van der Waals surface area contributed by atoms with Gasteiger partial charge in [-0.25, -0.2) is 4.79 Å². The van der Waals surface area contributed by atoms with Crippen LogP contribution in [0.25, 0.3) is 0 Å². The number of nitrogens with one attached hydrogen (secondary N) is 1. The lowest BCUT2D eigenvalue weighted by molar-refractivity contribution is 0.103. The van der Waals surface area contributed by atoms with Crippen LogP contribution in [0.15, 0.2) is 54.6 Å². The highest BCUT2D eigenvalue weighted by atomic mass is 35.5. The molecular weight excluding hydrogens is 386 g/mol. The first-order valence-electron chi connectivity index (χ1n) is 9.29. The second-order valence-corrected chi connectivity index (χ2v) is 7.70. The monoisotopic (exact) mass is 409 g/mol. The number of hydrogen-bond donors (Lipinski definition) is 1. The summed E-state index contributed by atoms with van der Waals surface area (Å²) in [5, 5.41) is 3.43. The van der Waals surface area contributed by atoms with Gasteiger partial charge in [0.15, 0.2) is 0 Å². The zero-order valence-electron chi connectivity index (χ0n) is 17.0. The van der Waals surface area contributed by atoms with Gasteiger partial charge < -0.3 is 14.8 Å². The van der Waals surface area contributed by atoms with Gasteiger partial charge in [0, 0.05) is 49.5 Å². The van der Waals surface area contributed by atoms with Crippen molar-refractivity contribution < 1.29 is 9.59 Å². The maximum Gasteiger partial charge on any atom is 0.321 e. The fourth-order valence-electron chi connectivity index (χ4n) is 3.21. The Morgan fingerprint density at radius 2 is 1.66 bits per heavy atom. The van der Waals surface area contributed by atoms with Crippen molar-refractivity contribution >= 4 is 29.1 Å². The van der Waals surface area contributed by atoms with Gasteiger partial charge in [-0.05, 0) is 60.5 Å². The molecule has 2 aromatic carbocycles. The third kappa shape index (κ3) is 4.69. The molecule has 1 aromatic heterocycles. The first-order chi connectivity index (χ1) is 13.8. The predicted molar refractivity (Wildman–Crippen MR) is 117 cm³/mol. The number of hydrogen-bond acceptors (Lipinski definition) is 2. The van der Waals surface area contributed by atoms with Crippen molar-refractivity contribution in [3.05, 3.63) is 87.7 Å². The molecular formula is C23H24ClN3O2. The maximum absolute atomic E-state index is 13.0. The van der Waals surface area contributed by atoms with E-state index in [2.05, 4.69) is 5.32 Å². The Kier molecular flexibility index (Phi) is 6.09. The van der Waals surface area contributed by atoms with Crippen molar-refractivity contribution in [1.82, 2.24) is 9.47 Å². The predicted octanol–water partition coefficient (Wildman–Crippen LogP) is 4.90. The number of anilines is 1. The molecule has 3 aromatic rings. The summed E-state index contributed by atoms with van der Waals surface area (Å²) in [6.07, 6.45) is 0.688. The number of nitrogens with zero attached hydrogens (tertiary/aromatic N) is 2. The molecule has 3 rings (SSSR count). The zero-order valence-corrected chi connectivity index (χ0v) is 17.7. The number of aromatic nitrogens is 1. The van der Waals surface area contributed by atoms with E-state index in [1.165, 1.54) is 4.90 Å². The number of rotatable bonds is 5. The van der Waals surface area contributed by atoms with Crippen LogP contribution in [0.3, 0.4) is 0 Å². The molecule has 0 aliphatic carbocycles. The quantitative estimate of drug-likeness (QED) is 0.609. The zero-order chi connectivity index (χ0) is 21.1. The van der Waals surface area contributed by atoms with Gasteiger partial charge in [0.2, 0.25) is 5.78 Å². The summed E-state index contributed by atoms with van der Waals surface area (Å²) in [7, 11) is 5.31. The summed E-state index contributed by atoms with van der Waals surface area (Å²) >= 11 is 5.93. The molecule has 0 saturated heterocycles. The Balaban J connectivity index is 1.79. The fourth-order valence-corrected chi connectivity index (χ4v) is 3.34. The molecule has 0 fully saturated rings. The van der Waals surface area contributed by atoms with Crippen LogP contribution in [0.2, 0.25) is 5.02 Å². The normalized spacial score (nSPS) is 10.7. The molecule has 0 atom stereocenters. The van der Waals surface area contributed by atoms with Gasteiger partial charge >= 0.3 is 6.03 Å². The molecule has 0 aliphatic rings. The molecule has 29 heavy (non-hydrogen) atoms. The molecule has 0 bridgehead atoms. The summed E-state index contributed by atoms with van der Waals surface area (Å²) in [6, 6.07) is 16.6. The summed E-state index contributed by atoms with van der Waals surface area (Å²) in [4.78, 5) is 26.2. The van der Waals surface area contributed by atoms with E-state index in [1.807, 2.05) is 48.9 Å². The van der Waals surface area contributed by atoms with E-state index in [0.717, 1.165) is 22.5 Å². The Bertz CT molecular complexity index is 1040. The number of ketones is 1. The van der Waals surface area contributed by atoms with E-state index in [9.17, 15) is 9.59 Å². The molecule has 2 amide bonds. The van der Waals surface area contributed by atoms with Gasteiger partial charge in [0.1, 0.15) is 0 Å². The topological polar surface area (TPSA) is 54.3 Å². The van der Waals surface area contributed by atoms with E-state index in [-0.39, 0.29) is 11.8 Å². The lowest BCUT2D eigenvalue weighted by atomic mass is 10.1. The van der Waals surface area contributed by atoms with Gasteiger partial charge in [0.25, 0.3) is 0 Å². The number of carbonyl (C=O) groups excluding carboxylic acids is 2. The van der Waals surface area contributed by atoms with E-state index in [0.29, 0.717) is 22.7 Å². The van der Waals surface area contributed by atoms with Crippen LogP contribution in [-0.2, 0) is 13.5 Å². The van der Waals surface area contributed by atoms with Crippen LogP contribution in [0.1, 0.15) is 32.9 Å². The molecule has 1 heterocycles. The van der Waals surface area contributed by atoms with Crippen molar-refractivity contribution in [3.63, 3.8) is 0 Å². The third-order valence-electron chi connectivity index (χ3n) is 4.84. The van der Waals surface area contributed by atoms with E-state index in [1.54, 1.807) is 38.4 Å². The standard InChI is InChI=1S/C23H24ClN3O2/c1-15-13-20(14-16-5-11-19(12-6-16)25-23(29)26(2)3)27(4)21(15)22(28)17-7-9-18(24)10-8-17/h5-13H,14H2,1-4H3,(H,25,29). The van der Waals surface area contributed by atoms with Gasteiger partial charge in [-0.15, -0.1) is 0 Å². The molecule has 6 heteroatoms. The summed E-state index contributed by atoms with van der Waals surface area (Å²) in [5.41, 5.74) is 5.12. The van der Waals surface area contributed by atoms with Crippen LogP contribution in [0.5, 0.6) is 0 Å². The molecule has 0 spiro atoms.